The van der Waals surface area contributed by atoms with E-state index >= 15 is 0 Å². The maximum absolute atomic E-state index is 5.43. The van der Waals surface area contributed by atoms with Gasteiger partial charge in [-0.2, -0.15) is 0 Å². The molecule has 4 atom stereocenters. The Hall–Kier alpha value is -0.120. The molecule has 4 unspecified atom stereocenters. The topological polar surface area (TPSA) is 24.5 Å². The number of hydrogen-bond acceptors (Lipinski definition) is 3. The Bertz CT molecular complexity index is 254. The highest BCUT2D eigenvalue weighted by Crippen LogP contribution is 2.41. The molecule has 16 heavy (non-hydrogen) atoms. The van der Waals surface area contributed by atoms with Gasteiger partial charge in [0.2, 0.25) is 0 Å². The van der Waals surface area contributed by atoms with Crippen LogP contribution in [0.25, 0.3) is 0 Å². The van der Waals surface area contributed by atoms with Gasteiger partial charge in [-0.25, -0.2) is 0 Å². The van der Waals surface area contributed by atoms with Gasteiger partial charge < -0.3 is 10.1 Å². The number of nitrogens with zero attached hydrogens (tertiary/aromatic N) is 1. The third kappa shape index (κ3) is 1.79. The predicted molar refractivity (Wildman–Crippen MR) is 64.4 cm³/mol. The minimum absolute atomic E-state index is 0.700. The van der Waals surface area contributed by atoms with Crippen molar-refractivity contribution in [3.63, 3.8) is 0 Å². The van der Waals surface area contributed by atoms with Crippen LogP contribution in [0.5, 0.6) is 0 Å². The zero-order chi connectivity index (χ0) is 11.1. The summed E-state index contributed by atoms with van der Waals surface area (Å²) in [6.45, 7) is 7.11. The highest BCUT2D eigenvalue weighted by molar-refractivity contribution is 5.01. The molecule has 3 fully saturated rings. The molecule has 2 saturated heterocycles. The lowest BCUT2D eigenvalue weighted by Gasteiger charge is -2.32. The molecule has 1 N–H and O–H groups in total. The van der Waals surface area contributed by atoms with Crippen molar-refractivity contribution in [1.82, 2.24) is 10.2 Å². The number of hydrogen-bond donors (Lipinski definition) is 1. The fourth-order valence-corrected chi connectivity index (χ4v) is 3.79. The van der Waals surface area contributed by atoms with E-state index in [1.54, 1.807) is 0 Å². The average Bonchev–Trinajstić information content (AvgIpc) is 2.93. The monoisotopic (exact) mass is 224 g/mol. The first-order valence-corrected chi connectivity index (χ1v) is 6.76. The van der Waals surface area contributed by atoms with E-state index in [1.165, 1.54) is 32.5 Å². The minimum Gasteiger partial charge on any atom is -0.383 e. The zero-order valence-corrected chi connectivity index (χ0v) is 10.5. The molecule has 1 aliphatic carbocycles. The number of nitrogens with one attached hydrogen (secondary N) is 1. The molecule has 0 radical (unpaired) electrons. The predicted octanol–water partition coefficient (Wildman–Crippen LogP) is 0.951. The van der Waals surface area contributed by atoms with Gasteiger partial charge in [0.15, 0.2) is 0 Å². The third-order valence-electron chi connectivity index (χ3n) is 4.91. The van der Waals surface area contributed by atoms with E-state index in [0.29, 0.717) is 6.04 Å². The van der Waals surface area contributed by atoms with E-state index in [2.05, 4.69) is 17.1 Å². The molecule has 1 saturated carbocycles. The second-order valence-electron chi connectivity index (χ2n) is 5.88. The molecule has 0 amide bonds. The highest BCUT2D eigenvalue weighted by atomic mass is 16.5. The quantitative estimate of drug-likeness (QED) is 0.769. The highest BCUT2D eigenvalue weighted by Gasteiger charge is 2.47. The van der Waals surface area contributed by atoms with Gasteiger partial charge in [-0.15, -0.1) is 0 Å². The first-order chi connectivity index (χ1) is 7.81. The number of likely N-dealkylation sites (tertiary alicyclic amines) is 1. The van der Waals surface area contributed by atoms with Crippen LogP contribution in [0.1, 0.15) is 19.8 Å². The molecule has 92 valence electrons. The lowest BCUT2D eigenvalue weighted by atomic mass is 9.95. The summed E-state index contributed by atoms with van der Waals surface area (Å²) >= 11 is 0. The first-order valence-electron chi connectivity index (χ1n) is 6.76. The van der Waals surface area contributed by atoms with Crippen LogP contribution in [0.3, 0.4) is 0 Å². The Labute approximate surface area is 98.5 Å². The van der Waals surface area contributed by atoms with Crippen LogP contribution >= 0.6 is 0 Å². The molecule has 2 aliphatic heterocycles. The lowest BCUT2D eigenvalue weighted by molar-refractivity contribution is 0.0665. The second kappa shape index (κ2) is 4.28. The smallest absolute Gasteiger partial charge is 0.0620 e. The summed E-state index contributed by atoms with van der Waals surface area (Å²) in [5, 5.41) is 3.53. The van der Waals surface area contributed by atoms with Crippen LogP contribution in [0.4, 0.5) is 0 Å². The van der Waals surface area contributed by atoms with Crippen molar-refractivity contribution in [1.29, 1.82) is 0 Å². The number of rotatable bonds is 4. The summed E-state index contributed by atoms with van der Waals surface area (Å²) in [7, 11) is 1.85. The SMILES string of the molecule is COCC(C1CC1)N1CC2CNCC2C1C. The van der Waals surface area contributed by atoms with Crippen molar-refractivity contribution >= 4 is 0 Å². The summed E-state index contributed by atoms with van der Waals surface area (Å²) in [4.78, 5) is 2.75. The fourth-order valence-electron chi connectivity index (χ4n) is 3.79. The van der Waals surface area contributed by atoms with Gasteiger partial charge in [0.25, 0.3) is 0 Å². The molecule has 0 bridgehead atoms. The standard InChI is InChI=1S/C13H24N2O/c1-9-12-6-14-5-11(12)7-15(9)13(8-16-2)10-3-4-10/h9-14H,3-8H2,1-2H3. The summed E-state index contributed by atoms with van der Waals surface area (Å²) < 4.78 is 5.43. The summed E-state index contributed by atoms with van der Waals surface area (Å²) in [5.41, 5.74) is 0. The summed E-state index contributed by atoms with van der Waals surface area (Å²) in [5.74, 6) is 2.71. The maximum Gasteiger partial charge on any atom is 0.0620 e. The van der Waals surface area contributed by atoms with Crippen molar-refractivity contribution in [3.8, 4) is 0 Å². The van der Waals surface area contributed by atoms with Gasteiger partial charge in [-0.05, 0) is 50.6 Å². The Morgan fingerprint density at radius 2 is 2.19 bits per heavy atom. The van der Waals surface area contributed by atoms with Crippen molar-refractivity contribution in [3.05, 3.63) is 0 Å². The minimum atomic E-state index is 0.700. The molecule has 0 spiro atoms. The first kappa shape index (κ1) is 11.0. The molecule has 3 heteroatoms. The molecular formula is C13H24N2O. The van der Waals surface area contributed by atoms with E-state index < -0.39 is 0 Å². The summed E-state index contributed by atoms with van der Waals surface area (Å²) in [6, 6.07) is 1.45. The zero-order valence-electron chi connectivity index (χ0n) is 10.5. The van der Waals surface area contributed by atoms with Crippen molar-refractivity contribution < 1.29 is 4.74 Å². The Balaban J connectivity index is 1.69. The van der Waals surface area contributed by atoms with Crippen LogP contribution in [0.2, 0.25) is 0 Å². The van der Waals surface area contributed by atoms with Gasteiger partial charge in [0.1, 0.15) is 0 Å². The normalized spacial score (nSPS) is 41.2. The van der Waals surface area contributed by atoms with Crippen LogP contribution in [0, 0.1) is 17.8 Å². The van der Waals surface area contributed by atoms with Crippen molar-refractivity contribution in [2.45, 2.75) is 31.8 Å². The number of methoxy groups -OCH3 is 1. The van der Waals surface area contributed by atoms with Gasteiger partial charge in [0.05, 0.1) is 6.61 Å². The van der Waals surface area contributed by atoms with E-state index in [1.807, 2.05) is 7.11 Å². The van der Waals surface area contributed by atoms with Crippen LogP contribution in [-0.4, -0.2) is 50.3 Å². The van der Waals surface area contributed by atoms with Crippen molar-refractivity contribution in [2.75, 3.05) is 33.4 Å². The molecule has 0 aromatic rings. The molecule has 0 aromatic carbocycles. The van der Waals surface area contributed by atoms with Crippen molar-refractivity contribution in [2.24, 2.45) is 17.8 Å². The molecule has 0 aromatic heterocycles. The Kier molecular flexibility index (Phi) is 2.94. The molecular weight excluding hydrogens is 200 g/mol. The Morgan fingerprint density at radius 3 is 2.81 bits per heavy atom. The molecule has 2 heterocycles. The second-order valence-corrected chi connectivity index (χ2v) is 5.88. The molecule has 3 aliphatic rings. The van der Waals surface area contributed by atoms with Gasteiger partial charge >= 0.3 is 0 Å². The van der Waals surface area contributed by atoms with E-state index in [9.17, 15) is 0 Å². The lowest BCUT2D eigenvalue weighted by Crippen LogP contribution is -2.44. The fraction of sp³-hybridized carbons (Fsp3) is 1.00. The third-order valence-corrected chi connectivity index (χ3v) is 4.91. The van der Waals surface area contributed by atoms with Crippen LogP contribution in [0.15, 0.2) is 0 Å². The average molecular weight is 224 g/mol. The molecule has 3 rings (SSSR count). The number of fused-ring (bicyclic) bond motifs is 1. The summed E-state index contributed by atoms with van der Waals surface area (Å²) in [6.07, 6.45) is 2.84. The number of ether oxygens (including phenoxy) is 1. The Morgan fingerprint density at radius 1 is 1.38 bits per heavy atom. The van der Waals surface area contributed by atoms with E-state index in [-0.39, 0.29) is 0 Å². The van der Waals surface area contributed by atoms with Gasteiger partial charge in [0, 0.05) is 25.7 Å². The van der Waals surface area contributed by atoms with Crippen LogP contribution < -0.4 is 5.32 Å². The maximum atomic E-state index is 5.43. The van der Waals surface area contributed by atoms with E-state index in [4.69, 9.17) is 4.74 Å². The van der Waals surface area contributed by atoms with Gasteiger partial charge in [-0.1, -0.05) is 0 Å². The van der Waals surface area contributed by atoms with Gasteiger partial charge in [-0.3, -0.25) is 4.90 Å². The molecule has 3 nitrogen and oxygen atoms in total. The van der Waals surface area contributed by atoms with Crippen LogP contribution in [-0.2, 0) is 4.74 Å². The largest absolute Gasteiger partial charge is 0.383 e. The van der Waals surface area contributed by atoms with E-state index in [0.717, 1.165) is 30.4 Å².